The van der Waals surface area contributed by atoms with E-state index in [-0.39, 0.29) is 11.7 Å². The summed E-state index contributed by atoms with van der Waals surface area (Å²) >= 11 is 0. The van der Waals surface area contributed by atoms with Gasteiger partial charge in [0.25, 0.3) is 0 Å². The molecule has 0 bridgehead atoms. The number of hydrogen-bond donors (Lipinski definition) is 0. The van der Waals surface area contributed by atoms with Crippen molar-refractivity contribution in [3.8, 4) is 17.2 Å². The van der Waals surface area contributed by atoms with E-state index in [1.807, 2.05) is 30.3 Å². The van der Waals surface area contributed by atoms with Crippen LogP contribution in [0.1, 0.15) is 34.0 Å². The summed E-state index contributed by atoms with van der Waals surface area (Å²) in [4.78, 5) is 26.9. The maximum Gasteiger partial charge on any atom is 0.225 e. The van der Waals surface area contributed by atoms with Crippen molar-refractivity contribution in [2.75, 3.05) is 57.3 Å². The van der Waals surface area contributed by atoms with Crippen molar-refractivity contribution in [2.45, 2.75) is 18.8 Å². The molecule has 8 heteroatoms. The Morgan fingerprint density at radius 3 is 2.23 bits per heavy atom. The minimum atomic E-state index is 0.0458. The van der Waals surface area contributed by atoms with Crippen LogP contribution in [0.5, 0.6) is 17.2 Å². The Morgan fingerprint density at radius 1 is 0.829 bits per heavy atom. The molecule has 8 nitrogen and oxygen atoms in total. The fourth-order valence-electron chi connectivity index (χ4n) is 4.89. The number of carbonyl (C=O) groups excluding carboxylic acids is 1. The van der Waals surface area contributed by atoms with Gasteiger partial charge in [-0.15, -0.1) is 0 Å². The molecular formula is C27H30N4O4. The number of carbonyl (C=O) groups is 1. The maximum absolute atomic E-state index is 12.9. The number of nitrogens with zero attached hydrogens (tertiary/aromatic N) is 4. The van der Waals surface area contributed by atoms with Gasteiger partial charge in [0.2, 0.25) is 5.95 Å². The molecule has 1 aliphatic carbocycles. The van der Waals surface area contributed by atoms with Crippen LogP contribution in [-0.2, 0) is 6.42 Å². The van der Waals surface area contributed by atoms with Crippen LogP contribution in [0.25, 0.3) is 0 Å². The van der Waals surface area contributed by atoms with Gasteiger partial charge in [-0.3, -0.25) is 4.79 Å². The van der Waals surface area contributed by atoms with Gasteiger partial charge < -0.3 is 24.0 Å². The summed E-state index contributed by atoms with van der Waals surface area (Å²) in [5, 5.41) is 0. The highest BCUT2D eigenvalue weighted by Crippen LogP contribution is 2.36. The Morgan fingerprint density at radius 2 is 1.54 bits per heavy atom. The monoisotopic (exact) mass is 474 g/mol. The first-order valence-corrected chi connectivity index (χ1v) is 11.8. The van der Waals surface area contributed by atoms with Gasteiger partial charge >= 0.3 is 0 Å². The number of benzene rings is 2. The van der Waals surface area contributed by atoms with Crippen LogP contribution in [0.3, 0.4) is 0 Å². The number of methoxy groups -OCH3 is 3. The molecule has 0 amide bonds. The lowest BCUT2D eigenvalue weighted by Crippen LogP contribution is -2.47. The lowest BCUT2D eigenvalue weighted by Gasteiger charge is -2.36. The van der Waals surface area contributed by atoms with Crippen LogP contribution < -0.4 is 24.0 Å². The number of ketones is 1. The number of Topliss-reactive ketones (excluding diaryl/α,β-unsaturated/α-hetero) is 1. The average Bonchev–Trinajstić information content (AvgIpc) is 2.92. The number of anilines is 2. The number of hydrogen-bond acceptors (Lipinski definition) is 8. The molecule has 2 aromatic carbocycles. The van der Waals surface area contributed by atoms with Gasteiger partial charge in [-0.05, 0) is 54.3 Å². The molecule has 182 valence electrons. The summed E-state index contributed by atoms with van der Waals surface area (Å²) in [6.07, 6.45) is 2.84. The van der Waals surface area contributed by atoms with Crippen molar-refractivity contribution in [3.63, 3.8) is 0 Å². The van der Waals surface area contributed by atoms with Gasteiger partial charge in [0, 0.05) is 44.5 Å². The van der Waals surface area contributed by atoms with Gasteiger partial charge in [0.05, 0.1) is 32.6 Å². The fourth-order valence-corrected chi connectivity index (χ4v) is 4.89. The predicted octanol–water partition coefficient (Wildman–Crippen LogP) is 3.74. The lowest BCUT2D eigenvalue weighted by molar-refractivity contribution is 0.0962. The van der Waals surface area contributed by atoms with Crippen LogP contribution in [0, 0.1) is 0 Å². The molecule has 0 radical (unpaired) electrons. The largest absolute Gasteiger partial charge is 0.497 e. The summed E-state index contributed by atoms with van der Waals surface area (Å²) in [5.41, 5.74) is 3.70. The number of aromatic nitrogens is 2. The molecule has 2 heterocycles. The van der Waals surface area contributed by atoms with E-state index in [0.29, 0.717) is 35.9 Å². The third-order valence-corrected chi connectivity index (χ3v) is 6.91. The first-order chi connectivity index (χ1) is 17.1. The highest BCUT2D eigenvalue weighted by Gasteiger charge is 2.30. The summed E-state index contributed by atoms with van der Waals surface area (Å²) in [5.74, 6) is 3.03. The van der Waals surface area contributed by atoms with Crippen molar-refractivity contribution >= 4 is 17.4 Å². The lowest BCUT2D eigenvalue weighted by atomic mass is 9.82. The average molecular weight is 475 g/mol. The van der Waals surface area contributed by atoms with E-state index in [1.165, 1.54) is 5.69 Å². The van der Waals surface area contributed by atoms with Crippen LogP contribution in [0.2, 0.25) is 0 Å². The van der Waals surface area contributed by atoms with Crippen LogP contribution in [0.15, 0.2) is 48.7 Å². The number of fused-ring (bicyclic) bond motifs is 1. The second-order valence-corrected chi connectivity index (χ2v) is 8.85. The molecule has 0 saturated carbocycles. The van der Waals surface area contributed by atoms with Gasteiger partial charge in [-0.2, -0.15) is 0 Å². The molecule has 1 unspecified atom stereocenters. The van der Waals surface area contributed by atoms with Gasteiger partial charge in [0.15, 0.2) is 17.3 Å². The zero-order valence-electron chi connectivity index (χ0n) is 20.4. The first kappa shape index (κ1) is 23.0. The molecule has 1 saturated heterocycles. The van der Waals surface area contributed by atoms with Crippen molar-refractivity contribution in [1.82, 2.24) is 9.97 Å². The summed E-state index contributed by atoms with van der Waals surface area (Å²) in [7, 11) is 4.92. The SMILES string of the molecule is COc1ccc(N2CCN(c3ncc4c(n3)CC(c3ccc(OC)c(OC)c3)CC4=O)CC2)cc1. The Balaban J connectivity index is 1.30. The Labute approximate surface area is 205 Å². The molecule has 35 heavy (non-hydrogen) atoms. The zero-order valence-corrected chi connectivity index (χ0v) is 20.4. The highest BCUT2D eigenvalue weighted by atomic mass is 16.5. The van der Waals surface area contributed by atoms with E-state index in [9.17, 15) is 4.79 Å². The summed E-state index contributed by atoms with van der Waals surface area (Å²) in [6.45, 7) is 3.38. The standard InChI is InChI=1S/C27H30N4O4/c1-33-21-7-5-20(6-8-21)30-10-12-31(13-11-30)27-28-17-22-23(29-27)14-19(15-24(22)32)18-4-9-25(34-2)26(16-18)35-3/h4-9,16-17,19H,10-15H2,1-3H3. The molecule has 1 atom stereocenters. The number of piperazine rings is 1. The van der Waals surface area contributed by atoms with Crippen LogP contribution in [-0.4, -0.2) is 63.3 Å². The zero-order chi connectivity index (χ0) is 24.4. The van der Waals surface area contributed by atoms with Gasteiger partial charge in [-0.25, -0.2) is 9.97 Å². The van der Waals surface area contributed by atoms with Crippen molar-refractivity contribution in [3.05, 3.63) is 65.5 Å². The fraction of sp³-hybridized carbons (Fsp3) is 0.370. The minimum Gasteiger partial charge on any atom is -0.497 e. The molecule has 3 aromatic rings. The van der Waals surface area contributed by atoms with E-state index >= 15 is 0 Å². The third-order valence-electron chi connectivity index (χ3n) is 6.91. The molecule has 1 fully saturated rings. The second-order valence-electron chi connectivity index (χ2n) is 8.85. The molecule has 2 aliphatic rings. The Hall–Kier alpha value is -3.81. The van der Waals surface area contributed by atoms with E-state index in [1.54, 1.807) is 27.5 Å². The van der Waals surface area contributed by atoms with E-state index in [0.717, 1.165) is 43.2 Å². The van der Waals surface area contributed by atoms with Crippen molar-refractivity contribution in [1.29, 1.82) is 0 Å². The van der Waals surface area contributed by atoms with E-state index < -0.39 is 0 Å². The van der Waals surface area contributed by atoms with E-state index in [2.05, 4.69) is 26.9 Å². The quantitative estimate of drug-likeness (QED) is 0.535. The molecule has 1 aromatic heterocycles. The molecule has 1 aliphatic heterocycles. The second kappa shape index (κ2) is 9.82. The first-order valence-electron chi connectivity index (χ1n) is 11.8. The molecule has 5 rings (SSSR count). The predicted molar refractivity (Wildman–Crippen MR) is 134 cm³/mol. The Bertz CT molecular complexity index is 1210. The summed E-state index contributed by atoms with van der Waals surface area (Å²) < 4.78 is 16.1. The highest BCUT2D eigenvalue weighted by molar-refractivity contribution is 5.98. The van der Waals surface area contributed by atoms with Crippen LogP contribution in [0.4, 0.5) is 11.6 Å². The third kappa shape index (κ3) is 4.60. The van der Waals surface area contributed by atoms with Crippen LogP contribution >= 0.6 is 0 Å². The molecular weight excluding hydrogens is 444 g/mol. The van der Waals surface area contributed by atoms with Gasteiger partial charge in [-0.1, -0.05) is 6.07 Å². The molecule has 0 spiro atoms. The number of ether oxygens (including phenoxy) is 3. The van der Waals surface area contributed by atoms with E-state index in [4.69, 9.17) is 19.2 Å². The number of rotatable bonds is 6. The normalized spacial score (nSPS) is 17.7. The summed E-state index contributed by atoms with van der Waals surface area (Å²) in [6, 6.07) is 14.0. The van der Waals surface area contributed by atoms with Crippen molar-refractivity contribution < 1.29 is 19.0 Å². The smallest absolute Gasteiger partial charge is 0.225 e. The minimum absolute atomic E-state index is 0.0458. The molecule has 0 N–H and O–H groups in total. The maximum atomic E-state index is 12.9. The topological polar surface area (TPSA) is 77.0 Å². The van der Waals surface area contributed by atoms with Crippen molar-refractivity contribution in [2.24, 2.45) is 0 Å². The van der Waals surface area contributed by atoms with Gasteiger partial charge in [0.1, 0.15) is 5.75 Å². The Kier molecular flexibility index (Phi) is 6.44.